The SMILES string of the molecule is CC1=Cc2c(-c3ccc([Si](C)(C)C)cc3)cccc2[CH]1[Zr]([Cl])([Cl])([CH]1C(C(C)C)=Cc2c(-c3ccc([Si](C)(C)C)cc3)cccc21)[SiH](C)C. The minimum atomic E-state index is -4.80. The maximum atomic E-state index is 8.63. The third kappa shape index (κ3) is 5.99. The molecule has 48 heavy (non-hydrogen) atoms. The van der Waals surface area contributed by atoms with Crippen molar-refractivity contribution in [2.24, 2.45) is 5.92 Å². The predicted molar refractivity (Wildman–Crippen MR) is 222 cm³/mol. The van der Waals surface area contributed by atoms with Crippen molar-refractivity contribution in [1.29, 1.82) is 0 Å². The van der Waals surface area contributed by atoms with Crippen molar-refractivity contribution in [3.8, 4) is 22.3 Å². The van der Waals surface area contributed by atoms with E-state index in [-0.39, 0.29) is 7.25 Å². The van der Waals surface area contributed by atoms with E-state index in [0.717, 1.165) is 0 Å². The average Bonchev–Trinajstić information content (AvgIpc) is 3.59. The van der Waals surface area contributed by atoms with Crippen LogP contribution in [0.2, 0.25) is 52.4 Å². The molecule has 2 aliphatic carbocycles. The number of benzene rings is 4. The molecule has 6 rings (SSSR count). The van der Waals surface area contributed by atoms with E-state index >= 15 is 0 Å². The second-order valence-electron chi connectivity index (χ2n) is 17.2. The molecule has 2 atom stereocenters. The molecule has 4 aromatic carbocycles. The predicted octanol–water partition coefficient (Wildman–Crippen LogP) is 12.3. The van der Waals surface area contributed by atoms with E-state index in [2.05, 4.69) is 170 Å². The van der Waals surface area contributed by atoms with Gasteiger partial charge in [0.1, 0.15) is 0 Å². The van der Waals surface area contributed by atoms with Gasteiger partial charge >= 0.3 is 304 Å². The van der Waals surface area contributed by atoms with Crippen molar-refractivity contribution in [2.75, 3.05) is 0 Å². The van der Waals surface area contributed by atoms with Gasteiger partial charge in [0.25, 0.3) is 0 Å². The molecule has 0 radical (unpaired) electrons. The van der Waals surface area contributed by atoms with Gasteiger partial charge in [-0.25, -0.2) is 0 Å². The van der Waals surface area contributed by atoms with Crippen LogP contribution in [0.25, 0.3) is 34.4 Å². The van der Waals surface area contributed by atoms with Crippen LogP contribution in [-0.2, 0) is 15.6 Å². The average molecular weight is 804 g/mol. The summed E-state index contributed by atoms with van der Waals surface area (Å²) in [6.45, 7) is 26.4. The first kappa shape index (κ1) is 36.3. The van der Waals surface area contributed by atoms with Crippen molar-refractivity contribution in [3.63, 3.8) is 0 Å². The summed E-state index contributed by atoms with van der Waals surface area (Å²) in [4.78, 5) is 0. The molecule has 0 aromatic heterocycles. The number of halogens is 2. The Balaban J connectivity index is 1.51. The fraction of sp³-hybridized carbons (Fsp3) is 0.333. The van der Waals surface area contributed by atoms with Crippen LogP contribution in [0.5, 0.6) is 0 Å². The summed E-state index contributed by atoms with van der Waals surface area (Å²) in [5, 5.41) is 2.98. The first-order valence-electron chi connectivity index (χ1n) is 17.8. The van der Waals surface area contributed by atoms with Gasteiger partial charge in [0.15, 0.2) is 0 Å². The zero-order chi connectivity index (χ0) is 35.0. The molecule has 0 bridgehead atoms. The van der Waals surface area contributed by atoms with Crippen molar-refractivity contribution in [3.05, 3.63) is 118 Å². The van der Waals surface area contributed by atoms with E-state index in [0.29, 0.717) is 5.92 Å². The molecule has 251 valence electrons. The van der Waals surface area contributed by atoms with Crippen LogP contribution in [-0.4, -0.2) is 22.1 Å². The first-order valence-corrected chi connectivity index (χ1v) is 41.1. The van der Waals surface area contributed by atoms with Crippen molar-refractivity contribution in [2.45, 2.75) is 80.4 Å². The number of hydrogen-bond acceptors (Lipinski definition) is 0. The second kappa shape index (κ2) is 12.6. The molecular formula is C42H53Cl2Si3Zr. The summed E-state index contributed by atoms with van der Waals surface area (Å²) in [6, 6.07) is 32.5. The van der Waals surface area contributed by atoms with Crippen LogP contribution >= 0.6 is 17.0 Å². The van der Waals surface area contributed by atoms with Gasteiger partial charge in [-0.2, -0.15) is 0 Å². The summed E-state index contributed by atoms with van der Waals surface area (Å²) in [5.41, 5.74) is 13.3. The minimum absolute atomic E-state index is 0.0930. The quantitative estimate of drug-likeness (QED) is 0.156. The van der Waals surface area contributed by atoms with Gasteiger partial charge in [-0.1, -0.05) is 0 Å². The molecule has 0 fully saturated rings. The van der Waals surface area contributed by atoms with Gasteiger partial charge in [-0.05, 0) is 0 Å². The van der Waals surface area contributed by atoms with E-state index < -0.39 is 37.6 Å². The molecule has 6 heteroatoms. The molecule has 0 amide bonds. The zero-order valence-electron chi connectivity index (χ0n) is 30.8. The Morgan fingerprint density at radius 2 is 1.02 bits per heavy atom. The second-order valence-corrected chi connectivity index (χ2v) is 69.9. The van der Waals surface area contributed by atoms with Gasteiger partial charge in [-0.3, -0.25) is 0 Å². The fourth-order valence-electron chi connectivity index (χ4n) is 8.46. The Kier molecular flexibility index (Phi) is 9.52. The maximum absolute atomic E-state index is 8.63. The Labute approximate surface area is 301 Å². The van der Waals surface area contributed by atoms with Crippen LogP contribution in [0, 0.1) is 5.92 Å². The third-order valence-electron chi connectivity index (χ3n) is 11.4. The molecular weight excluding hydrogens is 751 g/mol. The van der Waals surface area contributed by atoms with E-state index in [1.807, 2.05) is 0 Å². The molecule has 2 unspecified atom stereocenters. The third-order valence-corrected chi connectivity index (χ3v) is 67.5. The van der Waals surface area contributed by atoms with Crippen LogP contribution in [0.15, 0.2) is 96.1 Å². The van der Waals surface area contributed by atoms with Gasteiger partial charge in [0, 0.05) is 0 Å². The summed E-state index contributed by atoms with van der Waals surface area (Å²) in [7, 11) is 14.5. The van der Waals surface area contributed by atoms with Gasteiger partial charge in [0.2, 0.25) is 0 Å². The Morgan fingerprint density at radius 1 is 0.604 bits per heavy atom. The van der Waals surface area contributed by atoms with Crippen molar-refractivity contribution in [1.82, 2.24) is 0 Å². The number of rotatable bonds is 8. The summed E-state index contributed by atoms with van der Waals surface area (Å²) in [6.07, 6.45) is 4.93. The summed E-state index contributed by atoms with van der Waals surface area (Å²) < 4.78 is 0.187. The van der Waals surface area contributed by atoms with Gasteiger partial charge in [0.05, 0.1) is 0 Å². The molecule has 0 heterocycles. The van der Waals surface area contributed by atoms with Crippen molar-refractivity contribution < 1.29 is 15.6 Å². The normalized spacial score (nSPS) is 18.8. The van der Waals surface area contributed by atoms with Crippen LogP contribution in [0.4, 0.5) is 0 Å². The molecule has 2 aliphatic rings. The van der Waals surface area contributed by atoms with E-state index in [1.165, 1.54) is 66.0 Å². The molecule has 0 nitrogen and oxygen atoms in total. The van der Waals surface area contributed by atoms with Gasteiger partial charge < -0.3 is 0 Å². The standard InChI is InChI=1S/C21H25Si.C19H21Si.C2H7Si.2ClH.Zr/c1-15(2)18-13-17-7-6-8-20(21(17)14-18)16-9-11-19(12-10-16)22(3,4)5;1-14-12-16-6-5-7-18(19(16)13-14)15-8-10-17(11-9-15)20(2,3)4;1-3-2;;;/h6-15H,1-5H3;5-13H,1-4H3;3H,1-2H3;2*1H;/q;;;;;+2/p-2. The van der Waals surface area contributed by atoms with E-state index in [9.17, 15) is 0 Å². The fourth-order valence-corrected chi connectivity index (χ4v) is 43.0. The Hall–Kier alpha value is -1.53. The van der Waals surface area contributed by atoms with Gasteiger partial charge in [-0.15, -0.1) is 0 Å². The molecule has 0 saturated carbocycles. The van der Waals surface area contributed by atoms with E-state index in [1.54, 1.807) is 0 Å². The number of allylic oxidation sites excluding steroid dienone is 2. The monoisotopic (exact) mass is 801 g/mol. The Morgan fingerprint density at radius 3 is 1.42 bits per heavy atom. The zero-order valence-corrected chi connectivity index (χ0v) is 37.9. The first-order chi connectivity index (χ1) is 22.3. The molecule has 4 aromatic rings. The molecule has 0 aliphatic heterocycles. The van der Waals surface area contributed by atoms with E-state index in [4.69, 9.17) is 17.0 Å². The summed E-state index contributed by atoms with van der Waals surface area (Å²) >= 11 is -4.80. The summed E-state index contributed by atoms with van der Waals surface area (Å²) in [5.74, 6) is -1.27. The van der Waals surface area contributed by atoms with Crippen LogP contribution in [0.3, 0.4) is 0 Å². The molecule has 0 saturated heterocycles. The topological polar surface area (TPSA) is 0 Å². The van der Waals surface area contributed by atoms with Crippen LogP contribution < -0.4 is 10.4 Å². The number of hydrogen-bond donors (Lipinski definition) is 0. The number of fused-ring (bicyclic) bond motifs is 2. The Bertz CT molecular complexity index is 1940. The van der Waals surface area contributed by atoms with Crippen LogP contribution in [0.1, 0.15) is 50.3 Å². The molecule has 0 N–H and O–H groups in total. The van der Waals surface area contributed by atoms with Crippen molar-refractivity contribution >= 4 is 61.6 Å². The molecule has 0 spiro atoms.